The number of amides is 1. The van der Waals surface area contributed by atoms with E-state index in [1.807, 2.05) is 46.5 Å². The first-order chi connectivity index (χ1) is 10.3. The third kappa shape index (κ3) is 2.64. The molecule has 6 heteroatoms. The van der Waals surface area contributed by atoms with Gasteiger partial charge in [0.25, 0.3) is 5.91 Å². The number of nitrogens with zero attached hydrogens (tertiary/aromatic N) is 3. The molecule has 0 fully saturated rings. The summed E-state index contributed by atoms with van der Waals surface area (Å²) in [4.78, 5) is 25.8. The van der Waals surface area contributed by atoms with Crippen LogP contribution in [0.1, 0.15) is 15.9 Å². The van der Waals surface area contributed by atoms with Gasteiger partial charge in [-0.2, -0.15) is 0 Å². The van der Waals surface area contributed by atoms with Crippen LogP contribution < -0.4 is 5.43 Å². The minimum absolute atomic E-state index is 0.397. The summed E-state index contributed by atoms with van der Waals surface area (Å²) in [7, 11) is 0. The van der Waals surface area contributed by atoms with Gasteiger partial charge < -0.3 is 4.57 Å². The van der Waals surface area contributed by atoms with Crippen LogP contribution in [0.5, 0.6) is 0 Å². The highest BCUT2D eigenvalue weighted by atomic mass is 16.3. The summed E-state index contributed by atoms with van der Waals surface area (Å²) in [5.74, 6) is -0.510. The lowest BCUT2D eigenvalue weighted by atomic mass is 10.1. The summed E-state index contributed by atoms with van der Waals surface area (Å²) < 4.78 is 2.04. The number of benzene rings is 1. The zero-order valence-corrected chi connectivity index (χ0v) is 11.1. The number of hydrogen-bond donors (Lipinski definition) is 1. The Morgan fingerprint density at radius 1 is 1.19 bits per heavy atom. The molecule has 0 aliphatic carbocycles. The van der Waals surface area contributed by atoms with Crippen LogP contribution in [0.2, 0.25) is 0 Å². The van der Waals surface area contributed by atoms with Gasteiger partial charge in [-0.3, -0.25) is 4.79 Å². The van der Waals surface area contributed by atoms with E-state index in [-0.39, 0.29) is 0 Å². The highest BCUT2D eigenvalue weighted by molar-refractivity contribution is 5.93. The molecule has 0 saturated heterocycles. The summed E-state index contributed by atoms with van der Waals surface area (Å²) in [6.45, 7) is 0.661. The lowest BCUT2D eigenvalue weighted by molar-refractivity contribution is 0.0954. The van der Waals surface area contributed by atoms with Gasteiger partial charge in [-0.05, 0) is 35.9 Å². The van der Waals surface area contributed by atoms with E-state index in [4.69, 9.17) is 0 Å². The first-order valence-corrected chi connectivity index (χ1v) is 6.39. The molecule has 0 aliphatic heterocycles. The molecule has 0 saturated carbocycles. The summed E-state index contributed by atoms with van der Waals surface area (Å²) >= 11 is 0. The molecule has 0 aliphatic rings. The van der Waals surface area contributed by atoms with E-state index in [1.54, 1.807) is 18.3 Å². The first-order valence-electron chi connectivity index (χ1n) is 6.39. The van der Waals surface area contributed by atoms with E-state index in [9.17, 15) is 9.70 Å². The maximum atomic E-state index is 11.4. The van der Waals surface area contributed by atoms with Crippen LogP contribution in [0.25, 0.3) is 11.0 Å². The molecule has 1 aromatic carbocycles. The van der Waals surface area contributed by atoms with E-state index in [0.29, 0.717) is 12.1 Å². The number of nitrogens with one attached hydrogen (secondary N) is 1. The van der Waals surface area contributed by atoms with Crippen LogP contribution >= 0.6 is 0 Å². The Hall–Kier alpha value is -3.02. The second kappa shape index (κ2) is 5.54. The number of pyridine rings is 1. The predicted octanol–water partition coefficient (Wildman–Crippen LogP) is 2.50. The molecule has 1 amide bonds. The molecule has 0 bridgehead atoms. The van der Waals surface area contributed by atoms with Crippen molar-refractivity contribution in [2.45, 2.75) is 6.54 Å². The fourth-order valence-electron chi connectivity index (χ4n) is 2.21. The molecule has 2 heterocycles. The number of carbonyl (C=O) groups is 1. The van der Waals surface area contributed by atoms with E-state index >= 15 is 0 Å². The fraction of sp³-hybridized carbons (Fsp3) is 0.0667. The lowest BCUT2D eigenvalue weighted by Crippen LogP contribution is -2.16. The minimum Gasteiger partial charge on any atom is -0.328 e. The van der Waals surface area contributed by atoms with Gasteiger partial charge in [0.15, 0.2) is 0 Å². The number of nitroso groups, excluding NO2 is 1. The molecule has 2 aromatic heterocycles. The van der Waals surface area contributed by atoms with Gasteiger partial charge in [0.2, 0.25) is 0 Å². The van der Waals surface area contributed by atoms with Crippen LogP contribution in [-0.2, 0) is 6.54 Å². The van der Waals surface area contributed by atoms with Crippen molar-refractivity contribution in [3.8, 4) is 0 Å². The van der Waals surface area contributed by atoms with Gasteiger partial charge >= 0.3 is 0 Å². The zero-order valence-electron chi connectivity index (χ0n) is 11.1. The third-order valence-corrected chi connectivity index (χ3v) is 3.24. The van der Waals surface area contributed by atoms with Crippen molar-refractivity contribution in [2.24, 2.45) is 5.29 Å². The maximum absolute atomic E-state index is 11.4. The molecule has 0 unspecified atom stereocenters. The predicted molar refractivity (Wildman–Crippen MR) is 78.5 cm³/mol. The highest BCUT2D eigenvalue weighted by Crippen LogP contribution is 2.15. The van der Waals surface area contributed by atoms with Crippen molar-refractivity contribution in [2.75, 3.05) is 0 Å². The van der Waals surface area contributed by atoms with Crippen LogP contribution in [0.4, 0.5) is 0 Å². The summed E-state index contributed by atoms with van der Waals surface area (Å²) in [5, 5.41) is 3.46. The van der Waals surface area contributed by atoms with E-state index < -0.39 is 5.91 Å². The molecule has 6 nitrogen and oxygen atoms in total. The molecular weight excluding hydrogens is 268 g/mol. The normalized spacial score (nSPS) is 10.5. The Labute approximate surface area is 120 Å². The van der Waals surface area contributed by atoms with Gasteiger partial charge in [-0.1, -0.05) is 12.1 Å². The van der Waals surface area contributed by atoms with E-state index in [1.165, 1.54) is 0 Å². The number of carbonyl (C=O) groups excluding carboxylic acids is 1. The molecule has 3 rings (SSSR count). The van der Waals surface area contributed by atoms with Gasteiger partial charge in [0.05, 0.1) is 5.29 Å². The minimum atomic E-state index is -0.510. The second-order valence-corrected chi connectivity index (χ2v) is 4.59. The SMILES string of the molecule is O=NNC(=O)c1ccc(Cn2ccc3cccnc32)cc1. The molecule has 0 spiro atoms. The Bertz CT molecular complexity index is 793. The molecule has 3 aromatic rings. The molecule has 0 radical (unpaired) electrons. The van der Waals surface area contributed by atoms with Gasteiger partial charge in [0, 0.05) is 29.9 Å². The van der Waals surface area contributed by atoms with E-state index in [2.05, 4.69) is 10.3 Å². The van der Waals surface area contributed by atoms with Crippen molar-refractivity contribution >= 4 is 16.9 Å². The van der Waals surface area contributed by atoms with Crippen LogP contribution in [0, 0.1) is 4.91 Å². The number of rotatable bonds is 4. The quantitative estimate of drug-likeness (QED) is 0.589. The lowest BCUT2D eigenvalue weighted by Gasteiger charge is -2.06. The van der Waals surface area contributed by atoms with Gasteiger partial charge in [-0.15, -0.1) is 4.91 Å². The van der Waals surface area contributed by atoms with Crippen molar-refractivity contribution in [1.82, 2.24) is 15.0 Å². The van der Waals surface area contributed by atoms with Gasteiger partial charge in [0.1, 0.15) is 5.65 Å². The van der Waals surface area contributed by atoms with Crippen LogP contribution in [-0.4, -0.2) is 15.5 Å². The number of fused-ring (bicyclic) bond motifs is 1. The molecule has 21 heavy (non-hydrogen) atoms. The average Bonchev–Trinajstić information content (AvgIpc) is 2.92. The van der Waals surface area contributed by atoms with Crippen molar-refractivity contribution in [1.29, 1.82) is 0 Å². The molecule has 1 N–H and O–H groups in total. The van der Waals surface area contributed by atoms with Crippen molar-refractivity contribution < 1.29 is 4.79 Å². The highest BCUT2D eigenvalue weighted by Gasteiger charge is 2.06. The fourth-order valence-corrected chi connectivity index (χ4v) is 2.21. The summed E-state index contributed by atoms with van der Waals surface area (Å²) in [5.41, 5.74) is 4.22. The summed E-state index contributed by atoms with van der Waals surface area (Å²) in [6, 6.07) is 12.9. The van der Waals surface area contributed by atoms with Gasteiger partial charge in [-0.25, -0.2) is 10.4 Å². The topological polar surface area (TPSA) is 76.3 Å². The second-order valence-electron chi connectivity index (χ2n) is 4.59. The Morgan fingerprint density at radius 3 is 2.76 bits per heavy atom. The zero-order chi connectivity index (χ0) is 14.7. The van der Waals surface area contributed by atoms with E-state index in [0.717, 1.165) is 16.6 Å². The smallest absolute Gasteiger partial charge is 0.273 e. The number of hydrogen-bond acceptors (Lipinski definition) is 4. The standard InChI is InChI=1S/C15H12N4O2/c20-15(17-18-21)13-5-3-11(4-6-13)10-19-9-7-12-2-1-8-16-14(12)19/h1-9H,10H2,(H,17,20,21). The Balaban J connectivity index is 1.82. The molecular formula is C15H12N4O2. The average molecular weight is 280 g/mol. The first kappa shape index (κ1) is 13.0. The monoisotopic (exact) mass is 280 g/mol. The third-order valence-electron chi connectivity index (χ3n) is 3.24. The maximum Gasteiger partial charge on any atom is 0.273 e. The Morgan fingerprint density at radius 2 is 2.00 bits per heavy atom. The van der Waals surface area contributed by atoms with Crippen molar-refractivity contribution in [3.05, 3.63) is 70.9 Å². The largest absolute Gasteiger partial charge is 0.328 e. The van der Waals surface area contributed by atoms with Crippen LogP contribution in [0.15, 0.2) is 60.1 Å². The molecule has 104 valence electrons. The van der Waals surface area contributed by atoms with Crippen LogP contribution in [0.3, 0.4) is 0 Å². The number of aromatic nitrogens is 2. The van der Waals surface area contributed by atoms with Crippen molar-refractivity contribution in [3.63, 3.8) is 0 Å². The Kier molecular flexibility index (Phi) is 3.42. The molecule has 0 atom stereocenters. The summed E-state index contributed by atoms with van der Waals surface area (Å²) in [6.07, 6.45) is 3.74.